The van der Waals surface area contributed by atoms with Crippen LogP contribution in [0.25, 0.3) is 0 Å². The molecule has 0 aliphatic rings. The number of hydrogen-bond donors (Lipinski definition) is 2. The number of Topliss-reactive ketones (excluding diaryl/α,β-unsaturated/α-hetero) is 1. The van der Waals surface area contributed by atoms with Crippen LogP contribution in [0.1, 0.15) is 28.1 Å². The van der Waals surface area contributed by atoms with Gasteiger partial charge in [0.25, 0.3) is 0 Å². The van der Waals surface area contributed by atoms with Crippen molar-refractivity contribution in [1.82, 2.24) is 0 Å². The highest BCUT2D eigenvalue weighted by atomic mass is 35.5. The Morgan fingerprint density at radius 1 is 1.29 bits per heavy atom. The van der Waals surface area contributed by atoms with Crippen LogP contribution in [0.4, 0.5) is 5.69 Å². The van der Waals surface area contributed by atoms with Crippen LogP contribution >= 0.6 is 12.4 Å². The van der Waals surface area contributed by atoms with Crippen molar-refractivity contribution in [3.63, 3.8) is 0 Å². The minimum absolute atomic E-state index is 0. The Hall–Kier alpha value is -2.27. The van der Waals surface area contributed by atoms with E-state index in [1.54, 1.807) is 12.1 Å². The summed E-state index contributed by atoms with van der Waals surface area (Å²) >= 11 is 0. The van der Waals surface area contributed by atoms with Gasteiger partial charge in [-0.1, -0.05) is 12.1 Å². The summed E-state index contributed by atoms with van der Waals surface area (Å²) in [6.07, 6.45) is 0.581. The molecule has 0 saturated heterocycles. The molecule has 0 amide bonds. The number of hydrogen-bond acceptors (Lipinski definition) is 5. The smallest absolute Gasteiger partial charge is 0.350 e. The van der Waals surface area contributed by atoms with Crippen molar-refractivity contribution in [3.8, 4) is 5.75 Å². The first-order chi connectivity index (χ1) is 9.47. The van der Waals surface area contributed by atoms with Crippen LogP contribution in [0, 0.1) is 6.92 Å². The number of nitrogen functional groups attached to an aromatic ring is 1. The Bertz CT molecular complexity index is 692. The Kier molecular flexibility index (Phi) is 5.55. The van der Waals surface area contributed by atoms with Gasteiger partial charge in [-0.15, -0.1) is 12.4 Å². The molecule has 0 unspecified atom stereocenters. The van der Waals surface area contributed by atoms with Crippen LogP contribution in [0.5, 0.6) is 5.75 Å². The number of anilines is 1. The second-order valence-electron chi connectivity index (χ2n) is 4.57. The van der Waals surface area contributed by atoms with Crippen LogP contribution in [0.2, 0.25) is 0 Å². The molecule has 0 aliphatic carbocycles. The maximum atomic E-state index is 12.0. The van der Waals surface area contributed by atoms with Crippen molar-refractivity contribution < 1.29 is 14.3 Å². The van der Waals surface area contributed by atoms with Crippen LogP contribution in [-0.4, -0.2) is 10.9 Å². The number of nitrogens with two attached hydrogens (primary N) is 1. The fourth-order valence-corrected chi connectivity index (χ4v) is 1.92. The number of benzene rings is 1. The van der Waals surface area contributed by atoms with Gasteiger partial charge in [0.15, 0.2) is 5.78 Å². The topological polar surface area (TPSA) is 93.5 Å². The molecule has 0 bridgehead atoms. The third-order valence-corrected chi connectivity index (χ3v) is 2.95. The van der Waals surface area contributed by atoms with Crippen molar-refractivity contribution >= 4 is 23.9 Å². The van der Waals surface area contributed by atoms with Crippen LogP contribution in [0.3, 0.4) is 0 Å². The highest BCUT2D eigenvalue weighted by molar-refractivity contribution is 5.98. The number of rotatable bonds is 4. The van der Waals surface area contributed by atoms with Gasteiger partial charge in [0.1, 0.15) is 17.1 Å². The molecule has 112 valence electrons. The fourth-order valence-electron chi connectivity index (χ4n) is 1.92. The van der Waals surface area contributed by atoms with Gasteiger partial charge in [-0.3, -0.25) is 4.79 Å². The molecule has 0 saturated carbocycles. The third-order valence-electron chi connectivity index (χ3n) is 2.95. The fraction of sp³-hybridized carbons (Fsp3) is 0.200. The highest BCUT2D eigenvalue weighted by Gasteiger charge is 2.17. The molecule has 6 heteroatoms. The van der Waals surface area contributed by atoms with Crippen molar-refractivity contribution in [2.45, 2.75) is 19.8 Å². The number of aromatic hydroxyl groups is 1. The summed E-state index contributed by atoms with van der Waals surface area (Å²) in [5, 5.41) is 9.68. The summed E-state index contributed by atoms with van der Waals surface area (Å²) in [7, 11) is 0. The lowest BCUT2D eigenvalue weighted by atomic mass is 10.0. The lowest BCUT2D eigenvalue weighted by Crippen LogP contribution is -2.15. The average Bonchev–Trinajstić information content (AvgIpc) is 2.37. The predicted molar refractivity (Wildman–Crippen MR) is 82.1 cm³/mol. The Balaban J connectivity index is 0.00000220. The van der Waals surface area contributed by atoms with Crippen LogP contribution < -0.4 is 11.4 Å². The average molecular weight is 310 g/mol. The Morgan fingerprint density at radius 3 is 2.48 bits per heavy atom. The number of ketones is 1. The molecular weight excluding hydrogens is 294 g/mol. The molecular formula is C15H16ClNO4. The van der Waals surface area contributed by atoms with E-state index in [9.17, 15) is 14.7 Å². The van der Waals surface area contributed by atoms with E-state index in [2.05, 4.69) is 0 Å². The normalized spacial score (nSPS) is 9.95. The molecule has 2 aromatic rings. The third kappa shape index (κ3) is 4.10. The van der Waals surface area contributed by atoms with E-state index >= 15 is 0 Å². The zero-order valence-electron chi connectivity index (χ0n) is 11.5. The quantitative estimate of drug-likeness (QED) is 0.668. The number of halogens is 1. The summed E-state index contributed by atoms with van der Waals surface area (Å²) in [6.45, 7) is 1.53. The van der Waals surface area contributed by atoms with E-state index in [-0.39, 0.29) is 35.9 Å². The van der Waals surface area contributed by atoms with Gasteiger partial charge in [-0.25, -0.2) is 4.79 Å². The van der Waals surface area contributed by atoms with Gasteiger partial charge in [-0.2, -0.15) is 0 Å². The SMILES string of the molecule is Cc1cc(O)c(C(=O)CCc2ccc(N)cc2)c(=O)o1.Cl. The standard InChI is InChI=1S/C15H15NO4.ClH/c1-9-8-13(18)14(15(19)20-9)12(17)7-4-10-2-5-11(16)6-3-10;/h2-3,5-6,8,18H,4,7,16H2,1H3;1H. The maximum absolute atomic E-state index is 12.0. The van der Waals surface area contributed by atoms with Crippen molar-refractivity contribution in [1.29, 1.82) is 0 Å². The van der Waals surface area contributed by atoms with E-state index in [0.717, 1.165) is 5.56 Å². The van der Waals surface area contributed by atoms with E-state index in [1.165, 1.54) is 13.0 Å². The van der Waals surface area contributed by atoms with Crippen molar-refractivity contribution in [2.75, 3.05) is 5.73 Å². The Morgan fingerprint density at radius 2 is 1.90 bits per heavy atom. The van der Waals surface area contributed by atoms with Gasteiger partial charge >= 0.3 is 5.63 Å². The first-order valence-electron chi connectivity index (χ1n) is 6.18. The molecule has 0 atom stereocenters. The molecule has 5 nitrogen and oxygen atoms in total. The summed E-state index contributed by atoms with van der Waals surface area (Å²) in [5.74, 6) is -0.503. The van der Waals surface area contributed by atoms with E-state index < -0.39 is 11.4 Å². The summed E-state index contributed by atoms with van der Waals surface area (Å²) < 4.78 is 4.83. The molecule has 0 radical (unpaired) electrons. The lowest BCUT2D eigenvalue weighted by molar-refractivity contribution is 0.0975. The van der Waals surface area contributed by atoms with Crippen LogP contribution in [0.15, 0.2) is 39.5 Å². The van der Waals surface area contributed by atoms with E-state index in [4.69, 9.17) is 10.2 Å². The molecule has 0 fully saturated rings. The first kappa shape index (κ1) is 16.8. The van der Waals surface area contributed by atoms with Gasteiger partial charge in [-0.05, 0) is 31.0 Å². The molecule has 0 spiro atoms. The zero-order valence-corrected chi connectivity index (χ0v) is 12.3. The predicted octanol–water partition coefficient (Wildman–Crippen LogP) is 2.47. The molecule has 3 N–H and O–H groups in total. The van der Waals surface area contributed by atoms with Gasteiger partial charge in [0.05, 0.1) is 0 Å². The van der Waals surface area contributed by atoms with E-state index in [1.807, 2.05) is 12.1 Å². The largest absolute Gasteiger partial charge is 0.507 e. The first-order valence-corrected chi connectivity index (χ1v) is 6.18. The van der Waals surface area contributed by atoms with Crippen LogP contribution in [-0.2, 0) is 6.42 Å². The van der Waals surface area contributed by atoms with Gasteiger partial charge in [0, 0.05) is 18.2 Å². The molecule has 1 aromatic carbocycles. The second-order valence-corrected chi connectivity index (χ2v) is 4.57. The molecule has 1 aromatic heterocycles. The zero-order chi connectivity index (χ0) is 14.7. The molecule has 2 rings (SSSR count). The number of aryl methyl sites for hydroxylation is 2. The maximum Gasteiger partial charge on any atom is 0.350 e. The summed E-state index contributed by atoms with van der Waals surface area (Å²) in [6, 6.07) is 8.40. The molecule has 21 heavy (non-hydrogen) atoms. The molecule has 0 aliphatic heterocycles. The summed E-state index contributed by atoms with van der Waals surface area (Å²) in [5.41, 5.74) is 6.07. The molecule has 1 heterocycles. The number of carbonyl (C=O) groups excluding carboxylic acids is 1. The minimum Gasteiger partial charge on any atom is -0.507 e. The van der Waals surface area contributed by atoms with E-state index in [0.29, 0.717) is 12.1 Å². The number of carbonyl (C=O) groups is 1. The minimum atomic E-state index is -0.801. The Labute approximate surface area is 127 Å². The van der Waals surface area contributed by atoms with Crippen molar-refractivity contribution in [3.05, 3.63) is 57.6 Å². The summed E-state index contributed by atoms with van der Waals surface area (Å²) in [4.78, 5) is 23.6. The monoisotopic (exact) mass is 309 g/mol. The van der Waals surface area contributed by atoms with Crippen molar-refractivity contribution in [2.24, 2.45) is 0 Å². The van der Waals surface area contributed by atoms with Gasteiger partial charge in [0.2, 0.25) is 0 Å². The lowest BCUT2D eigenvalue weighted by Gasteiger charge is -2.04. The second kappa shape index (κ2) is 6.95. The van der Waals surface area contributed by atoms with Gasteiger partial charge < -0.3 is 15.3 Å². The highest BCUT2D eigenvalue weighted by Crippen LogP contribution is 2.17.